The van der Waals surface area contributed by atoms with Gasteiger partial charge in [-0.05, 0) is 47.9 Å². The van der Waals surface area contributed by atoms with Crippen LogP contribution in [0.5, 0.6) is 5.75 Å². The summed E-state index contributed by atoms with van der Waals surface area (Å²) in [5.41, 5.74) is 3.84. The molecule has 34 heavy (non-hydrogen) atoms. The number of ether oxygens (including phenoxy) is 2. The van der Waals surface area contributed by atoms with Gasteiger partial charge in [0.15, 0.2) is 5.69 Å². The molecule has 2 heterocycles. The van der Waals surface area contributed by atoms with Gasteiger partial charge in [-0.25, -0.2) is 9.78 Å². The lowest BCUT2D eigenvalue weighted by atomic mass is 10.2. The molecule has 2 aromatic heterocycles. The molecule has 0 spiro atoms. The summed E-state index contributed by atoms with van der Waals surface area (Å²) < 4.78 is 11.0. The van der Waals surface area contributed by atoms with Gasteiger partial charge in [0.1, 0.15) is 17.4 Å². The van der Waals surface area contributed by atoms with Crippen LogP contribution in [0.25, 0.3) is 0 Å². The Balaban J connectivity index is 1.42. The van der Waals surface area contributed by atoms with Gasteiger partial charge in [0.05, 0.1) is 13.2 Å². The Labute approximate surface area is 203 Å². The highest BCUT2D eigenvalue weighted by atomic mass is 32.1. The molecule has 0 fully saturated rings. The minimum atomic E-state index is -0.378. The molecule has 0 amide bonds. The molecule has 0 N–H and O–H groups in total. The van der Waals surface area contributed by atoms with Crippen LogP contribution in [-0.4, -0.2) is 27.4 Å². The largest absolute Gasteiger partial charge is 0.489 e. The number of esters is 1. The predicted molar refractivity (Wildman–Crippen MR) is 132 cm³/mol. The number of benzene rings is 2. The third kappa shape index (κ3) is 6.97. The average molecular weight is 474 g/mol. The van der Waals surface area contributed by atoms with Crippen molar-refractivity contribution < 1.29 is 14.3 Å². The van der Waals surface area contributed by atoms with Crippen LogP contribution in [0.1, 0.15) is 39.1 Å². The number of hydrogen-bond donors (Lipinski definition) is 0. The summed E-state index contributed by atoms with van der Waals surface area (Å²) in [5.74, 6) is 0.462. The van der Waals surface area contributed by atoms with E-state index in [9.17, 15) is 4.79 Å². The minimum absolute atomic E-state index is 0.338. The monoisotopic (exact) mass is 473 g/mol. The second kappa shape index (κ2) is 12.1. The number of carbonyl (C=O) groups is 1. The SMILES string of the molecule is CCOC(=O)c1csc(CN(Cc2ccncc2)Cc2ccc(OCc3ccccc3)cc2)n1. The van der Waals surface area contributed by atoms with Gasteiger partial charge in [-0.15, -0.1) is 11.3 Å². The van der Waals surface area contributed by atoms with E-state index in [0.717, 1.165) is 29.4 Å². The predicted octanol–water partition coefficient (Wildman–Crippen LogP) is 5.50. The zero-order valence-corrected chi connectivity index (χ0v) is 19.9. The van der Waals surface area contributed by atoms with Crippen molar-refractivity contribution in [1.82, 2.24) is 14.9 Å². The molecule has 6 nitrogen and oxygen atoms in total. The summed E-state index contributed by atoms with van der Waals surface area (Å²) in [6.45, 7) is 4.77. The van der Waals surface area contributed by atoms with E-state index in [4.69, 9.17) is 9.47 Å². The Hall–Kier alpha value is -3.55. The molecule has 7 heteroatoms. The standard InChI is InChI=1S/C27H27N3O3S/c1-2-32-27(31)25-20-34-26(29-25)18-30(17-22-12-14-28-15-13-22)16-21-8-10-24(11-9-21)33-19-23-6-4-3-5-7-23/h3-15,20H,2,16-19H2,1H3. The summed E-state index contributed by atoms with van der Waals surface area (Å²) in [7, 11) is 0. The summed E-state index contributed by atoms with van der Waals surface area (Å²) in [4.78, 5) is 22.9. The van der Waals surface area contributed by atoms with Gasteiger partial charge in [0, 0.05) is 30.9 Å². The maximum Gasteiger partial charge on any atom is 0.357 e. The van der Waals surface area contributed by atoms with E-state index < -0.39 is 0 Å². The van der Waals surface area contributed by atoms with Crippen molar-refractivity contribution in [2.24, 2.45) is 0 Å². The quantitative estimate of drug-likeness (QED) is 0.268. The molecular formula is C27H27N3O3S. The first kappa shape index (κ1) is 23.6. The van der Waals surface area contributed by atoms with Crippen molar-refractivity contribution in [1.29, 1.82) is 0 Å². The molecule has 0 aliphatic rings. The van der Waals surface area contributed by atoms with Crippen molar-refractivity contribution in [2.45, 2.75) is 33.2 Å². The van der Waals surface area contributed by atoms with Crippen LogP contribution in [0, 0.1) is 0 Å². The third-order valence-electron chi connectivity index (χ3n) is 5.13. The van der Waals surface area contributed by atoms with Crippen LogP contribution in [0.15, 0.2) is 84.5 Å². The normalized spacial score (nSPS) is 10.9. The average Bonchev–Trinajstić information content (AvgIpc) is 3.34. The number of pyridine rings is 1. The fourth-order valence-corrected chi connectivity index (χ4v) is 4.28. The second-order valence-corrected chi connectivity index (χ2v) is 8.71. The molecule has 0 aliphatic heterocycles. The molecule has 0 saturated carbocycles. The van der Waals surface area contributed by atoms with Crippen molar-refractivity contribution in [3.05, 3.63) is 112 Å². The van der Waals surface area contributed by atoms with Crippen LogP contribution in [0.4, 0.5) is 0 Å². The van der Waals surface area contributed by atoms with Crippen molar-refractivity contribution in [2.75, 3.05) is 6.61 Å². The van der Waals surface area contributed by atoms with Crippen LogP contribution >= 0.6 is 11.3 Å². The maximum atomic E-state index is 12.0. The van der Waals surface area contributed by atoms with Crippen molar-refractivity contribution >= 4 is 17.3 Å². The molecule has 0 radical (unpaired) electrons. The minimum Gasteiger partial charge on any atom is -0.489 e. The molecule has 174 valence electrons. The highest BCUT2D eigenvalue weighted by molar-refractivity contribution is 7.09. The van der Waals surface area contributed by atoms with E-state index >= 15 is 0 Å². The zero-order valence-electron chi connectivity index (χ0n) is 19.1. The summed E-state index contributed by atoms with van der Waals surface area (Å²) in [6, 6.07) is 22.3. The zero-order chi connectivity index (χ0) is 23.6. The maximum absolute atomic E-state index is 12.0. The molecule has 0 saturated heterocycles. The molecule has 0 atom stereocenters. The fourth-order valence-electron chi connectivity index (χ4n) is 3.48. The van der Waals surface area contributed by atoms with Crippen molar-refractivity contribution in [3.63, 3.8) is 0 Å². The molecule has 2 aromatic carbocycles. The Morgan fingerprint density at radius 2 is 1.59 bits per heavy atom. The van der Waals surface area contributed by atoms with Crippen LogP contribution in [0.3, 0.4) is 0 Å². The first-order valence-electron chi connectivity index (χ1n) is 11.2. The summed E-state index contributed by atoms with van der Waals surface area (Å²) in [5, 5.41) is 2.64. The van der Waals surface area contributed by atoms with E-state index in [-0.39, 0.29) is 5.97 Å². The van der Waals surface area contributed by atoms with E-state index in [2.05, 4.69) is 39.1 Å². The van der Waals surface area contributed by atoms with Crippen LogP contribution < -0.4 is 4.74 Å². The molecular weight excluding hydrogens is 446 g/mol. The summed E-state index contributed by atoms with van der Waals surface area (Å²) >= 11 is 1.47. The molecule has 4 rings (SSSR count). The van der Waals surface area contributed by atoms with Gasteiger partial charge in [0.2, 0.25) is 0 Å². The number of carbonyl (C=O) groups excluding carboxylic acids is 1. The van der Waals surface area contributed by atoms with Gasteiger partial charge in [-0.2, -0.15) is 0 Å². The molecule has 4 aromatic rings. The number of hydrogen-bond acceptors (Lipinski definition) is 7. The Bertz CT molecular complexity index is 1160. The number of rotatable bonds is 11. The van der Waals surface area contributed by atoms with Crippen LogP contribution in [0.2, 0.25) is 0 Å². The van der Waals surface area contributed by atoms with Gasteiger partial charge in [-0.1, -0.05) is 42.5 Å². The number of thiazole rings is 1. The molecule has 0 unspecified atom stereocenters. The lowest BCUT2D eigenvalue weighted by molar-refractivity contribution is 0.0520. The van der Waals surface area contributed by atoms with E-state index in [1.54, 1.807) is 24.7 Å². The Morgan fingerprint density at radius 1 is 0.882 bits per heavy atom. The Morgan fingerprint density at radius 3 is 2.29 bits per heavy atom. The van der Waals surface area contributed by atoms with E-state index in [1.165, 1.54) is 22.5 Å². The number of aromatic nitrogens is 2. The molecule has 0 bridgehead atoms. The lowest BCUT2D eigenvalue weighted by Gasteiger charge is -2.21. The van der Waals surface area contributed by atoms with Crippen molar-refractivity contribution in [3.8, 4) is 5.75 Å². The van der Waals surface area contributed by atoms with E-state index in [1.807, 2.05) is 42.5 Å². The van der Waals surface area contributed by atoms with Gasteiger partial charge in [0.25, 0.3) is 0 Å². The Kier molecular flexibility index (Phi) is 8.38. The third-order valence-corrected chi connectivity index (χ3v) is 5.96. The number of nitrogens with zero attached hydrogens (tertiary/aromatic N) is 3. The topological polar surface area (TPSA) is 64.5 Å². The van der Waals surface area contributed by atoms with Gasteiger partial charge < -0.3 is 9.47 Å². The fraction of sp³-hybridized carbons (Fsp3) is 0.222. The first-order valence-corrected chi connectivity index (χ1v) is 12.1. The van der Waals surface area contributed by atoms with Gasteiger partial charge in [-0.3, -0.25) is 9.88 Å². The first-order chi connectivity index (χ1) is 16.7. The van der Waals surface area contributed by atoms with Crippen LogP contribution in [-0.2, 0) is 31.0 Å². The highest BCUT2D eigenvalue weighted by Crippen LogP contribution is 2.20. The summed E-state index contributed by atoms with van der Waals surface area (Å²) in [6.07, 6.45) is 3.60. The highest BCUT2D eigenvalue weighted by Gasteiger charge is 2.15. The smallest absolute Gasteiger partial charge is 0.357 e. The van der Waals surface area contributed by atoms with E-state index in [0.29, 0.717) is 25.5 Å². The lowest BCUT2D eigenvalue weighted by Crippen LogP contribution is -2.22. The second-order valence-electron chi connectivity index (χ2n) is 7.77. The molecule has 0 aliphatic carbocycles. The van der Waals surface area contributed by atoms with Gasteiger partial charge >= 0.3 is 5.97 Å².